The van der Waals surface area contributed by atoms with Gasteiger partial charge in [-0.15, -0.1) is 0 Å². The number of hydrogen-bond acceptors (Lipinski definition) is 4. The zero-order chi connectivity index (χ0) is 18.1. The van der Waals surface area contributed by atoms with Crippen LogP contribution >= 0.6 is 11.3 Å². The predicted molar refractivity (Wildman–Crippen MR) is 105 cm³/mol. The molecule has 1 N–H and O–H groups in total. The first-order valence-electron chi connectivity index (χ1n) is 9.87. The number of likely N-dealkylation sites (tertiary alicyclic amines) is 1. The molecule has 4 heterocycles. The number of hydrogen-bond donors (Lipinski definition) is 1. The van der Waals surface area contributed by atoms with Gasteiger partial charge >= 0.3 is 0 Å². The number of fused-ring (bicyclic) bond motifs is 1. The summed E-state index contributed by atoms with van der Waals surface area (Å²) >= 11 is 1.69. The molecule has 1 amide bonds. The van der Waals surface area contributed by atoms with Gasteiger partial charge < -0.3 is 10.1 Å². The first kappa shape index (κ1) is 18.2. The third-order valence-corrected chi connectivity index (χ3v) is 7.10. The van der Waals surface area contributed by atoms with Gasteiger partial charge in [-0.2, -0.15) is 11.3 Å². The maximum absolute atomic E-state index is 12.3. The van der Waals surface area contributed by atoms with Crippen LogP contribution in [0.2, 0.25) is 0 Å². The molecule has 1 aromatic heterocycles. The van der Waals surface area contributed by atoms with Crippen molar-refractivity contribution in [3.8, 4) is 0 Å². The van der Waals surface area contributed by atoms with Crippen molar-refractivity contribution in [2.45, 2.75) is 51.2 Å². The molecule has 0 aliphatic carbocycles. The van der Waals surface area contributed by atoms with E-state index in [0.29, 0.717) is 24.4 Å². The number of carbonyl (C=O) groups is 1. The highest BCUT2D eigenvalue weighted by Gasteiger charge is 2.62. The molecule has 0 unspecified atom stereocenters. The molecule has 4 atom stereocenters. The zero-order valence-electron chi connectivity index (χ0n) is 15.9. The van der Waals surface area contributed by atoms with Gasteiger partial charge in [0.05, 0.1) is 11.7 Å². The van der Waals surface area contributed by atoms with Gasteiger partial charge in [-0.1, -0.05) is 11.6 Å². The summed E-state index contributed by atoms with van der Waals surface area (Å²) in [5.74, 6) is 1.22. The van der Waals surface area contributed by atoms with Gasteiger partial charge in [0.1, 0.15) is 0 Å². The van der Waals surface area contributed by atoms with Crippen molar-refractivity contribution in [1.82, 2.24) is 10.2 Å². The summed E-state index contributed by atoms with van der Waals surface area (Å²) in [6, 6.07) is 2.10. The minimum absolute atomic E-state index is 0.0617. The minimum atomic E-state index is 0.0617. The minimum Gasteiger partial charge on any atom is -0.370 e. The Labute approximate surface area is 160 Å². The number of rotatable bonds is 7. The molecule has 1 spiro atoms. The Morgan fingerprint density at radius 1 is 1.50 bits per heavy atom. The third kappa shape index (κ3) is 3.62. The van der Waals surface area contributed by atoms with Crippen LogP contribution in [0.25, 0.3) is 0 Å². The van der Waals surface area contributed by atoms with Crippen LogP contribution in [0.5, 0.6) is 0 Å². The number of thiophene rings is 1. The maximum Gasteiger partial charge on any atom is 0.220 e. The lowest BCUT2D eigenvalue weighted by atomic mass is 9.73. The predicted octanol–water partition coefficient (Wildman–Crippen LogP) is 3.24. The summed E-state index contributed by atoms with van der Waals surface area (Å²) < 4.78 is 6.47. The largest absolute Gasteiger partial charge is 0.370 e. The number of allylic oxidation sites excluding steroid dienone is 1. The number of amides is 1. The lowest BCUT2D eigenvalue weighted by molar-refractivity contribution is -0.121. The summed E-state index contributed by atoms with van der Waals surface area (Å²) in [6.45, 7) is 8.28. The molecule has 0 radical (unpaired) electrons. The van der Waals surface area contributed by atoms with E-state index in [1.807, 2.05) is 0 Å². The highest BCUT2D eigenvalue weighted by atomic mass is 32.1. The maximum atomic E-state index is 12.3. The van der Waals surface area contributed by atoms with E-state index in [-0.39, 0.29) is 11.5 Å². The van der Waals surface area contributed by atoms with Gasteiger partial charge in [0, 0.05) is 44.4 Å². The SMILES string of the molecule is CC(C)=CCN1C[C@@H]2[C@H](CNC(=O)CCc3ccsc3)[C@H]3CC[C@]2(C1)O3. The van der Waals surface area contributed by atoms with Crippen molar-refractivity contribution in [3.63, 3.8) is 0 Å². The van der Waals surface area contributed by atoms with Crippen molar-refractivity contribution in [2.24, 2.45) is 11.8 Å². The van der Waals surface area contributed by atoms with Crippen molar-refractivity contribution in [1.29, 1.82) is 0 Å². The highest BCUT2D eigenvalue weighted by molar-refractivity contribution is 7.07. The fourth-order valence-electron chi connectivity index (χ4n) is 5.02. The molecule has 3 saturated heterocycles. The third-order valence-electron chi connectivity index (χ3n) is 6.37. The summed E-state index contributed by atoms with van der Waals surface area (Å²) in [5.41, 5.74) is 2.70. The van der Waals surface area contributed by atoms with Crippen LogP contribution in [-0.4, -0.2) is 48.7 Å². The van der Waals surface area contributed by atoms with E-state index in [1.54, 1.807) is 11.3 Å². The highest BCUT2D eigenvalue weighted by Crippen LogP contribution is 2.54. The Morgan fingerprint density at radius 2 is 2.38 bits per heavy atom. The van der Waals surface area contributed by atoms with Gasteiger partial charge in [-0.05, 0) is 55.5 Å². The summed E-state index contributed by atoms with van der Waals surface area (Å²) in [7, 11) is 0. The lowest BCUT2D eigenvalue weighted by Gasteiger charge is -2.29. The molecule has 0 saturated carbocycles. The average Bonchev–Trinajstić information content (AvgIpc) is 3.36. The Hall–Kier alpha value is -1.17. The van der Waals surface area contributed by atoms with Crippen molar-refractivity contribution < 1.29 is 9.53 Å². The first-order chi connectivity index (χ1) is 12.6. The van der Waals surface area contributed by atoms with Gasteiger partial charge in [0.2, 0.25) is 5.91 Å². The van der Waals surface area contributed by atoms with Crippen molar-refractivity contribution >= 4 is 17.2 Å². The second-order valence-electron chi connectivity index (χ2n) is 8.44. The molecular weight excluding hydrogens is 344 g/mol. The Bertz CT molecular complexity index is 668. The van der Waals surface area contributed by atoms with Crippen LogP contribution in [0.1, 0.15) is 38.7 Å². The fraction of sp³-hybridized carbons (Fsp3) is 0.667. The summed E-state index contributed by atoms with van der Waals surface area (Å²) in [5, 5.41) is 7.40. The van der Waals surface area contributed by atoms with Crippen molar-refractivity contribution in [2.75, 3.05) is 26.2 Å². The molecule has 1 aromatic rings. The number of carbonyl (C=O) groups excluding carboxylic acids is 1. The second-order valence-corrected chi connectivity index (χ2v) is 9.22. The summed E-state index contributed by atoms with van der Waals surface area (Å²) in [4.78, 5) is 14.8. The number of nitrogens with one attached hydrogen (secondary N) is 1. The number of nitrogens with zero attached hydrogens (tertiary/aromatic N) is 1. The van der Waals surface area contributed by atoms with Crippen LogP contribution in [0, 0.1) is 11.8 Å². The van der Waals surface area contributed by atoms with E-state index in [2.05, 4.69) is 47.0 Å². The van der Waals surface area contributed by atoms with Gasteiger partial charge in [-0.3, -0.25) is 9.69 Å². The van der Waals surface area contributed by atoms with E-state index in [9.17, 15) is 4.79 Å². The Kier molecular flexibility index (Phi) is 5.22. The van der Waals surface area contributed by atoms with Gasteiger partial charge in [-0.25, -0.2) is 0 Å². The van der Waals surface area contributed by atoms with E-state index < -0.39 is 0 Å². The molecule has 142 valence electrons. The van der Waals surface area contributed by atoms with E-state index >= 15 is 0 Å². The van der Waals surface area contributed by atoms with Crippen LogP contribution < -0.4 is 5.32 Å². The molecule has 4 rings (SSSR count). The van der Waals surface area contributed by atoms with Crippen LogP contribution in [0.15, 0.2) is 28.5 Å². The molecule has 3 fully saturated rings. The van der Waals surface area contributed by atoms with Crippen LogP contribution in [-0.2, 0) is 16.0 Å². The van der Waals surface area contributed by atoms with Gasteiger partial charge in [0.25, 0.3) is 0 Å². The Morgan fingerprint density at radius 3 is 3.15 bits per heavy atom. The van der Waals surface area contributed by atoms with Gasteiger partial charge in [0.15, 0.2) is 0 Å². The smallest absolute Gasteiger partial charge is 0.220 e. The van der Waals surface area contributed by atoms with Crippen molar-refractivity contribution in [3.05, 3.63) is 34.0 Å². The molecule has 3 aliphatic rings. The molecule has 4 nitrogen and oxygen atoms in total. The quantitative estimate of drug-likeness (QED) is 0.745. The molecule has 2 bridgehead atoms. The average molecular weight is 375 g/mol. The molecule has 5 heteroatoms. The number of ether oxygens (including phenoxy) is 1. The molecule has 0 aromatic carbocycles. The first-order valence-corrected chi connectivity index (χ1v) is 10.8. The fourth-order valence-corrected chi connectivity index (χ4v) is 5.73. The topological polar surface area (TPSA) is 41.6 Å². The monoisotopic (exact) mass is 374 g/mol. The van der Waals surface area contributed by atoms with E-state index in [0.717, 1.165) is 39.0 Å². The Balaban J connectivity index is 1.30. The van der Waals surface area contributed by atoms with E-state index in [1.165, 1.54) is 17.6 Å². The zero-order valence-corrected chi connectivity index (χ0v) is 16.7. The molecule has 3 aliphatic heterocycles. The normalized spacial score (nSPS) is 32.6. The summed E-state index contributed by atoms with van der Waals surface area (Å²) in [6.07, 6.45) is 6.42. The number of aryl methyl sites for hydroxylation is 1. The standard InChI is InChI=1S/C21H30N2O2S/c1-15(2)6-9-23-12-18-17(19-5-8-21(18,14-23)25-19)11-22-20(24)4-3-16-7-10-26-13-16/h6-7,10,13,17-19H,3-5,8-9,11-12,14H2,1-2H3,(H,22,24)/t17-,18+,19+,21+/m0/s1. The van der Waals surface area contributed by atoms with Crippen LogP contribution in [0.3, 0.4) is 0 Å². The molecular formula is C21H30N2O2S. The van der Waals surface area contributed by atoms with Crippen LogP contribution in [0.4, 0.5) is 0 Å². The van der Waals surface area contributed by atoms with E-state index in [4.69, 9.17) is 4.74 Å². The lowest BCUT2D eigenvalue weighted by Crippen LogP contribution is -2.41. The second kappa shape index (κ2) is 7.45. The molecule has 26 heavy (non-hydrogen) atoms.